The van der Waals surface area contributed by atoms with Crippen LogP contribution in [-0.4, -0.2) is 15.2 Å². The van der Waals surface area contributed by atoms with Crippen molar-refractivity contribution in [1.29, 1.82) is 0 Å². The molecule has 2 atom stereocenters. The summed E-state index contributed by atoms with van der Waals surface area (Å²) in [6, 6.07) is 11.7. The van der Waals surface area contributed by atoms with Crippen LogP contribution >= 0.6 is 23.4 Å². The molecule has 0 saturated heterocycles. The van der Waals surface area contributed by atoms with Crippen LogP contribution in [0.2, 0.25) is 5.02 Å². The fraction of sp³-hybridized carbons (Fsp3) is 0.176. The van der Waals surface area contributed by atoms with E-state index in [1.165, 1.54) is 23.9 Å². The van der Waals surface area contributed by atoms with E-state index in [9.17, 15) is 22.8 Å². The average molecular weight is 435 g/mol. The highest BCUT2D eigenvalue weighted by Crippen LogP contribution is 2.40. The van der Waals surface area contributed by atoms with Gasteiger partial charge >= 0.3 is 5.51 Å². The van der Waals surface area contributed by atoms with Crippen molar-refractivity contribution >= 4 is 46.1 Å². The Bertz CT molecular complexity index is 864. The minimum Gasteiger partial charge on any atom is -0.586 e. The molecule has 144 valence electrons. The number of anilines is 1. The number of rotatable bonds is 5. The number of nitrogens with one attached hydrogen (secondary N) is 2. The molecular formula is C17H14ClF3N2O2S2. The van der Waals surface area contributed by atoms with Crippen molar-refractivity contribution < 1.29 is 22.8 Å². The van der Waals surface area contributed by atoms with Gasteiger partial charge in [-0.3, -0.25) is 0 Å². The third kappa shape index (κ3) is 4.67. The second-order valence-electron chi connectivity index (χ2n) is 5.56. The molecule has 4 nitrogen and oxygen atoms in total. The van der Waals surface area contributed by atoms with Gasteiger partial charge in [-0.25, -0.2) is 4.72 Å². The lowest BCUT2D eigenvalue weighted by Crippen LogP contribution is -2.29. The van der Waals surface area contributed by atoms with Gasteiger partial charge in [0, 0.05) is 5.56 Å². The van der Waals surface area contributed by atoms with E-state index in [2.05, 4.69) is 5.32 Å². The molecule has 2 aromatic rings. The van der Waals surface area contributed by atoms with Gasteiger partial charge in [-0.05, 0) is 34.7 Å². The molecule has 2 unspecified atom stereocenters. The molecule has 3 N–H and O–H groups in total. The normalized spacial score (nSPS) is 18.0. The van der Waals surface area contributed by atoms with Gasteiger partial charge in [0.15, 0.2) is 11.4 Å². The lowest BCUT2D eigenvalue weighted by molar-refractivity contribution is -0.0428. The van der Waals surface area contributed by atoms with Crippen LogP contribution in [0.4, 0.5) is 18.9 Å². The van der Waals surface area contributed by atoms with Gasteiger partial charge in [0.2, 0.25) is 0 Å². The number of halogens is 4. The van der Waals surface area contributed by atoms with E-state index in [0.717, 1.165) is 11.1 Å². The highest BCUT2D eigenvalue weighted by Gasteiger charge is 2.46. The third-order valence-corrected chi connectivity index (χ3v) is 5.97. The van der Waals surface area contributed by atoms with E-state index in [4.69, 9.17) is 11.6 Å². The van der Waals surface area contributed by atoms with Crippen LogP contribution in [0.15, 0.2) is 47.9 Å². The standard InChI is InChI=1S/C17H14ClF3N2O2S2/c18-14-7-11(23-27(25)17(19,20)21)5-6-13(14)15-9-26-16(22-15)12-4-2-1-3-10(12)8-24/h1-7,9,16,22-24H,8H2. The second-order valence-corrected chi connectivity index (χ2v) is 8.15. The van der Waals surface area contributed by atoms with Crippen LogP contribution in [0.1, 0.15) is 22.1 Å². The molecule has 1 aliphatic heterocycles. The summed E-state index contributed by atoms with van der Waals surface area (Å²) in [4.78, 5) is 0. The first-order chi connectivity index (χ1) is 12.8. The zero-order valence-electron chi connectivity index (χ0n) is 13.6. The quantitative estimate of drug-likeness (QED) is 0.592. The van der Waals surface area contributed by atoms with E-state index >= 15 is 0 Å². The van der Waals surface area contributed by atoms with Gasteiger partial charge in [-0.15, -0.1) is 24.9 Å². The van der Waals surface area contributed by atoms with Crippen LogP contribution in [0.25, 0.3) is 5.70 Å². The number of aliphatic hydroxyl groups excluding tert-OH is 1. The fourth-order valence-electron chi connectivity index (χ4n) is 2.53. The lowest BCUT2D eigenvalue weighted by atomic mass is 10.1. The predicted octanol–water partition coefficient (Wildman–Crippen LogP) is 4.76. The summed E-state index contributed by atoms with van der Waals surface area (Å²) < 4.78 is 50.2. The number of aliphatic hydroxyl groups is 1. The SMILES string of the molecule is [O-][S+](Nc1ccc(C2=CSC(c3ccccc3CO)N2)c(Cl)c1)C(F)(F)F. The summed E-state index contributed by atoms with van der Waals surface area (Å²) in [7, 11) is 0. The average Bonchev–Trinajstić information content (AvgIpc) is 3.10. The van der Waals surface area contributed by atoms with E-state index in [1.807, 2.05) is 34.4 Å². The van der Waals surface area contributed by atoms with Crippen LogP contribution in [-0.2, 0) is 18.0 Å². The van der Waals surface area contributed by atoms with Crippen molar-refractivity contribution in [3.05, 3.63) is 69.6 Å². The first kappa shape index (κ1) is 20.2. The Labute approximate surface area is 166 Å². The molecule has 0 spiro atoms. The maximum Gasteiger partial charge on any atom is 0.598 e. The molecule has 0 aromatic heterocycles. The number of hydrogen-bond donors (Lipinski definition) is 3. The highest BCUT2D eigenvalue weighted by molar-refractivity contribution is 8.02. The van der Waals surface area contributed by atoms with Crippen molar-refractivity contribution in [2.45, 2.75) is 17.5 Å². The van der Waals surface area contributed by atoms with Gasteiger partial charge in [0.25, 0.3) is 0 Å². The predicted molar refractivity (Wildman–Crippen MR) is 103 cm³/mol. The molecule has 0 radical (unpaired) electrons. The zero-order chi connectivity index (χ0) is 19.6. The Hall–Kier alpha value is -1.52. The smallest absolute Gasteiger partial charge is 0.586 e. The van der Waals surface area contributed by atoms with Crippen LogP contribution in [0.3, 0.4) is 0 Å². The van der Waals surface area contributed by atoms with E-state index in [0.29, 0.717) is 11.3 Å². The van der Waals surface area contributed by atoms with Gasteiger partial charge < -0.3 is 15.0 Å². The maximum atomic E-state index is 12.4. The number of thioether (sulfide) groups is 1. The molecule has 0 fully saturated rings. The lowest BCUT2D eigenvalue weighted by Gasteiger charge is -2.17. The minimum atomic E-state index is -4.86. The van der Waals surface area contributed by atoms with Crippen LogP contribution in [0.5, 0.6) is 0 Å². The fourth-order valence-corrected chi connectivity index (χ4v) is 4.31. The van der Waals surface area contributed by atoms with Crippen molar-refractivity contribution in [1.82, 2.24) is 5.32 Å². The molecule has 10 heteroatoms. The monoisotopic (exact) mass is 434 g/mol. The Morgan fingerprint density at radius 1 is 1.26 bits per heavy atom. The summed E-state index contributed by atoms with van der Waals surface area (Å²) in [5, 5.41) is 14.7. The molecule has 1 heterocycles. The Balaban J connectivity index is 1.74. The van der Waals surface area contributed by atoms with Crippen molar-refractivity contribution in [2.24, 2.45) is 0 Å². The van der Waals surface area contributed by atoms with Gasteiger partial charge in [0.1, 0.15) is 5.37 Å². The molecule has 2 aromatic carbocycles. The molecule has 0 saturated carbocycles. The zero-order valence-corrected chi connectivity index (χ0v) is 16.0. The van der Waals surface area contributed by atoms with Crippen molar-refractivity contribution in [2.75, 3.05) is 4.72 Å². The molecule has 27 heavy (non-hydrogen) atoms. The summed E-state index contributed by atoms with van der Waals surface area (Å²) in [5.74, 6) is 0. The Kier molecular flexibility index (Phi) is 6.17. The van der Waals surface area contributed by atoms with E-state index in [-0.39, 0.29) is 22.7 Å². The summed E-state index contributed by atoms with van der Waals surface area (Å²) in [6.07, 6.45) is 0. The molecular weight excluding hydrogens is 421 g/mol. The van der Waals surface area contributed by atoms with Crippen LogP contribution < -0.4 is 10.0 Å². The third-order valence-electron chi connectivity index (χ3n) is 3.80. The Morgan fingerprint density at radius 2 is 2.00 bits per heavy atom. The number of benzene rings is 2. The van der Waals surface area contributed by atoms with Crippen molar-refractivity contribution in [3.63, 3.8) is 0 Å². The number of alkyl halides is 3. The molecule has 0 aliphatic carbocycles. The van der Waals surface area contributed by atoms with Gasteiger partial charge in [-0.1, -0.05) is 35.9 Å². The first-order valence-corrected chi connectivity index (χ1v) is 10.1. The summed E-state index contributed by atoms with van der Waals surface area (Å²) in [5.41, 5.74) is -1.79. The second kappa shape index (κ2) is 8.24. The largest absolute Gasteiger partial charge is 0.598 e. The highest BCUT2D eigenvalue weighted by atomic mass is 35.5. The maximum absolute atomic E-state index is 12.4. The Morgan fingerprint density at radius 3 is 2.67 bits per heavy atom. The van der Waals surface area contributed by atoms with Gasteiger partial charge in [-0.2, -0.15) is 0 Å². The molecule has 3 rings (SSSR count). The summed E-state index contributed by atoms with van der Waals surface area (Å²) in [6.45, 7) is -0.0816. The van der Waals surface area contributed by atoms with E-state index in [1.54, 1.807) is 6.07 Å². The van der Waals surface area contributed by atoms with Gasteiger partial charge in [0.05, 0.1) is 23.0 Å². The topological polar surface area (TPSA) is 67.3 Å². The first-order valence-electron chi connectivity index (χ1n) is 7.65. The molecule has 0 amide bonds. The molecule has 0 bridgehead atoms. The van der Waals surface area contributed by atoms with Crippen molar-refractivity contribution in [3.8, 4) is 0 Å². The molecule has 1 aliphatic rings. The van der Waals surface area contributed by atoms with Crippen LogP contribution in [0, 0.1) is 0 Å². The minimum absolute atomic E-state index is 0.00725. The van der Waals surface area contributed by atoms with E-state index < -0.39 is 16.9 Å². The summed E-state index contributed by atoms with van der Waals surface area (Å²) >= 11 is 4.50. The number of hydrogen-bond acceptors (Lipinski definition) is 5.